The number of esters is 3. The molecule has 0 amide bonds. The number of ether oxygens (including phenoxy) is 3. The molecule has 0 heterocycles. The van der Waals surface area contributed by atoms with Crippen molar-refractivity contribution < 1.29 is 28.6 Å². The molecule has 75 heavy (non-hydrogen) atoms. The minimum Gasteiger partial charge on any atom is -0.462 e. The Balaban J connectivity index is 4.12. The van der Waals surface area contributed by atoms with E-state index in [0.717, 1.165) is 64.2 Å². The Hall–Kier alpha value is -1.85. The standard InChI is InChI=1S/C69H132O6/c1-4-7-10-13-16-19-22-25-28-29-30-31-32-33-34-35-36-37-38-39-40-41-42-45-47-50-53-56-59-62-68(71)74-65-66(75-69(72)63-60-57-54-51-48-44-27-24-21-18-15-12-9-6-3)64-73-67(70)61-58-55-52-49-46-43-26-23-20-17-14-11-8-5-2/h24,27,66H,4-23,25-26,28-65H2,1-3H3/b27-24-. The van der Waals surface area contributed by atoms with Crippen molar-refractivity contribution in [3.8, 4) is 0 Å². The Bertz CT molecular complexity index is 1170. The third-order valence-corrected chi connectivity index (χ3v) is 15.8. The van der Waals surface area contributed by atoms with Crippen LogP contribution in [-0.2, 0) is 28.6 Å². The van der Waals surface area contributed by atoms with Crippen LogP contribution in [0, 0.1) is 0 Å². The smallest absolute Gasteiger partial charge is 0.306 e. The van der Waals surface area contributed by atoms with Gasteiger partial charge in [0.05, 0.1) is 0 Å². The first-order valence-corrected chi connectivity index (χ1v) is 34.2. The van der Waals surface area contributed by atoms with E-state index < -0.39 is 6.10 Å². The van der Waals surface area contributed by atoms with E-state index in [1.54, 1.807) is 0 Å². The summed E-state index contributed by atoms with van der Waals surface area (Å²) in [5.74, 6) is -0.845. The molecule has 444 valence electrons. The highest BCUT2D eigenvalue weighted by molar-refractivity contribution is 5.71. The Morgan fingerprint density at radius 2 is 0.440 bits per heavy atom. The van der Waals surface area contributed by atoms with Crippen molar-refractivity contribution >= 4 is 17.9 Å². The molecule has 0 N–H and O–H groups in total. The van der Waals surface area contributed by atoms with Crippen molar-refractivity contribution in [2.24, 2.45) is 0 Å². The fraction of sp³-hybridized carbons (Fsp3) is 0.928. The van der Waals surface area contributed by atoms with Gasteiger partial charge in [0, 0.05) is 19.3 Å². The molecule has 0 aliphatic heterocycles. The van der Waals surface area contributed by atoms with Crippen LogP contribution in [0.15, 0.2) is 12.2 Å². The fourth-order valence-corrected chi connectivity index (χ4v) is 10.6. The molecule has 0 aromatic rings. The topological polar surface area (TPSA) is 78.9 Å². The first-order chi connectivity index (χ1) is 37.0. The van der Waals surface area contributed by atoms with Gasteiger partial charge in [-0.2, -0.15) is 0 Å². The van der Waals surface area contributed by atoms with E-state index in [1.165, 1.54) is 289 Å². The lowest BCUT2D eigenvalue weighted by molar-refractivity contribution is -0.167. The maximum Gasteiger partial charge on any atom is 0.306 e. The lowest BCUT2D eigenvalue weighted by atomic mass is 10.0. The summed E-state index contributed by atoms with van der Waals surface area (Å²) in [4.78, 5) is 38.3. The minimum absolute atomic E-state index is 0.0669. The largest absolute Gasteiger partial charge is 0.462 e. The number of carbonyl (C=O) groups is 3. The van der Waals surface area contributed by atoms with Crippen LogP contribution in [0.4, 0.5) is 0 Å². The van der Waals surface area contributed by atoms with Crippen LogP contribution in [0.25, 0.3) is 0 Å². The second-order valence-electron chi connectivity index (χ2n) is 23.5. The molecule has 0 aliphatic rings. The summed E-state index contributed by atoms with van der Waals surface area (Å²) in [6.45, 7) is 6.70. The highest BCUT2D eigenvalue weighted by atomic mass is 16.6. The van der Waals surface area contributed by atoms with Gasteiger partial charge in [-0.1, -0.05) is 341 Å². The van der Waals surface area contributed by atoms with Gasteiger partial charge in [0.1, 0.15) is 13.2 Å². The van der Waals surface area contributed by atoms with Crippen molar-refractivity contribution in [3.63, 3.8) is 0 Å². The van der Waals surface area contributed by atoms with Crippen LogP contribution in [0.2, 0.25) is 0 Å². The average molecular weight is 1060 g/mol. The maximum absolute atomic E-state index is 12.9. The van der Waals surface area contributed by atoms with Crippen LogP contribution in [0.3, 0.4) is 0 Å². The first-order valence-electron chi connectivity index (χ1n) is 34.2. The van der Waals surface area contributed by atoms with Gasteiger partial charge in [-0.15, -0.1) is 0 Å². The van der Waals surface area contributed by atoms with Crippen molar-refractivity contribution in [1.29, 1.82) is 0 Å². The normalized spacial score (nSPS) is 12.0. The Kier molecular flexibility index (Phi) is 63.1. The predicted molar refractivity (Wildman–Crippen MR) is 326 cm³/mol. The van der Waals surface area contributed by atoms with Crippen LogP contribution in [-0.4, -0.2) is 37.2 Å². The minimum atomic E-state index is -0.770. The lowest BCUT2D eigenvalue weighted by Crippen LogP contribution is -2.30. The molecule has 0 spiro atoms. The monoisotopic (exact) mass is 1060 g/mol. The first kappa shape index (κ1) is 73.2. The van der Waals surface area contributed by atoms with E-state index in [4.69, 9.17) is 14.2 Å². The van der Waals surface area contributed by atoms with Crippen molar-refractivity contribution in [2.75, 3.05) is 13.2 Å². The molecule has 0 saturated heterocycles. The van der Waals surface area contributed by atoms with Gasteiger partial charge >= 0.3 is 17.9 Å². The molecule has 6 heteroatoms. The summed E-state index contributed by atoms with van der Waals surface area (Å²) in [6, 6.07) is 0. The molecule has 0 aromatic heterocycles. The summed E-state index contributed by atoms with van der Waals surface area (Å²) in [7, 11) is 0. The fourth-order valence-electron chi connectivity index (χ4n) is 10.6. The van der Waals surface area contributed by atoms with Crippen molar-refractivity contribution in [1.82, 2.24) is 0 Å². The highest BCUT2D eigenvalue weighted by Gasteiger charge is 2.19. The number of unbranched alkanes of at least 4 members (excludes halogenated alkanes) is 51. The Morgan fingerprint density at radius 3 is 0.667 bits per heavy atom. The molecule has 6 nitrogen and oxygen atoms in total. The zero-order valence-electron chi connectivity index (χ0n) is 51.1. The van der Waals surface area contributed by atoms with Gasteiger partial charge in [0.2, 0.25) is 0 Å². The van der Waals surface area contributed by atoms with E-state index in [0.29, 0.717) is 19.3 Å². The highest BCUT2D eigenvalue weighted by Crippen LogP contribution is 2.19. The van der Waals surface area contributed by atoms with E-state index in [9.17, 15) is 14.4 Å². The van der Waals surface area contributed by atoms with Crippen LogP contribution in [0.5, 0.6) is 0 Å². The molecular weight excluding hydrogens is 925 g/mol. The Morgan fingerprint density at radius 1 is 0.253 bits per heavy atom. The van der Waals surface area contributed by atoms with Gasteiger partial charge < -0.3 is 14.2 Å². The van der Waals surface area contributed by atoms with E-state index >= 15 is 0 Å². The summed E-state index contributed by atoms with van der Waals surface area (Å²) in [6.07, 6.45) is 76.7. The quantitative estimate of drug-likeness (QED) is 0.0261. The molecule has 0 radical (unpaired) electrons. The number of carbonyl (C=O) groups excluding carboxylic acids is 3. The third kappa shape index (κ3) is 62.9. The molecule has 0 rings (SSSR count). The molecule has 0 bridgehead atoms. The third-order valence-electron chi connectivity index (χ3n) is 15.8. The van der Waals surface area contributed by atoms with E-state index in [1.807, 2.05) is 0 Å². The molecule has 0 aromatic carbocycles. The average Bonchev–Trinajstić information content (AvgIpc) is 3.41. The maximum atomic E-state index is 12.9. The number of allylic oxidation sites excluding steroid dienone is 2. The second-order valence-corrected chi connectivity index (χ2v) is 23.5. The van der Waals surface area contributed by atoms with Gasteiger partial charge in [0.15, 0.2) is 6.10 Å². The lowest BCUT2D eigenvalue weighted by Gasteiger charge is -2.18. The van der Waals surface area contributed by atoms with Crippen LogP contribution in [0.1, 0.15) is 393 Å². The summed E-state index contributed by atoms with van der Waals surface area (Å²) in [5.41, 5.74) is 0. The van der Waals surface area contributed by atoms with Crippen molar-refractivity contribution in [2.45, 2.75) is 399 Å². The molecule has 1 unspecified atom stereocenters. The molecular formula is C69H132O6. The van der Waals surface area contributed by atoms with E-state index in [-0.39, 0.29) is 31.1 Å². The van der Waals surface area contributed by atoms with Gasteiger partial charge in [-0.25, -0.2) is 0 Å². The van der Waals surface area contributed by atoms with E-state index in [2.05, 4.69) is 32.9 Å². The SMILES string of the molecule is CCCCCCC/C=C\CCCCCCCC(=O)OC(COC(=O)CCCCCCCCCCCCCCCC)COC(=O)CCCCCCCCCCCCCCCCCCCCCCCCCCCCCCC. The second kappa shape index (κ2) is 64.7. The number of rotatable bonds is 64. The van der Waals surface area contributed by atoms with Crippen molar-refractivity contribution in [3.05, 3.63) is 12.2 Å². The zero-order valence-corrected chi connectivity index (χ0v) is 51.1. The predicted octanol–water partition coefficient (Wildman–Crippen LogP) is 23.2. The van der Waals surface area contributed by atoms with Gasteiger partial charge in [0.25, 0.3) is 0 Å². The Labute approximate surface area is 469 Å². The zero-order chi connectivity index (χ0) is 54.3. The summed E-state index contributed by atoms with van der Waals surface area (Å²) in [5, 5.41) is 0. The molecule has 1 atom stereocenters. The summed E-state index contributed by atoms with van der Waals surface area (Å²) < 4.78 is 16.9. The van der Waals surface area contributed by atoms with Gasteiger partial charge in [-0.3, -0.25) is 14.4 Å². The van der Waals surface area contributed by atoms with Crippen LogP contribution < -0.4 is 0 Å². The van der Waals surface area contributed by atoms with Crippen LogP contribution >= 0.6 is 0 Å². The number of hydrogen-bond acceptors (Lipinski definition) is 6. The molecule has 0 fully saturated rings. The van der Waals surface area contributed by atoms with Gasteiger partial charge in [-0.05, 0) is 44.9 Å². The molecule has 0 aliphatic carbocycles. The number of hydrogen-bond donors (Lipinski definition) is 0. The summed E-state index contributed by atoms with van der Waals surface area (Å²) >= 11 is 0. The molecule has 0 saturated carbocycles.